The van der Waals surface area contributed by atoms with Gasteiger partial charge in [0.05, 0.1) is 0 Å². The van der Waals surface area contributed by atoms with Crippen molar-refractivity contribution in [3.63, 3.8) is 0 Å². The minimum Gasteiger partial charge on any atom is -0.490 e. The minimum atomic E-state index is 0.413. The van der Waals surface area contributed by atoms with Gasteiger partial charge in [0.2, 0.25) is 0 Å². The zero-order valence-corrected chi connectivity index (χ0v) is 10.2. The Morgan fingerprint density at radius 2 is 1.88 bits per heavy atom. The van der Waals surface area contributed by atoms with Crippen LogP contribution in [0.4, 0.5) is 0 Å². The number of hydrogen-bond donors (Lipinski definition) is 1. The number of benzene rings is 1. The van der Waals surface area contributed by atoms with E-state index in [0.717, 1.165) is 31.6 Å². The molecule has 2 heteroatoms. The van der Waals surface area contributed by atoms with Crippen LogP contribution in [0.5, 0.6) is 5.75 Å². The number of rotatable bonds is 5. The highest BCUT2D eigenvalue weighted by molar-refractivity contribution is 5.27. The topological polar surface area (TPSA) is 21.3 Å². The molecule has 0 unspecified atom stereocenters. The third-order valence-corrected chi connectivity index (χ3v) is 3.22. The van der Waals surface area contributed by atoms with Crippen LogP contribution in [0.3, 0.4) is 0 Å². The fraction of sp³-hybridized carbons (Fsp3) is 0.571. The molecule has 0 spiro atoms. The lowest BCUT2D eigenvalue weighted by Crippen LogP contribution is -2.46. The van der Waals surface area contributed by atoms with E-state index < -0.39 is 0 Å². The molecule has 0 saturated heterocycles. The summed E-state index contributed by atoms with van der Waals surface area (Å²) >= 11 is 0. The van der Waals surface area contributed by atoms with Gasteiger partial charge in [-0.05, 0) is 43.5 Å². The molecule has 0 radical (unpaired) electrons. The first kappa shape index (κ1) is 11.5. The Morgan fingerprint density at radius 1 is 1.19 bits per heavy atom. The van der Waals surface area contributed by atoms with Crippen LogP contribution in [-0.2, 0) is 6.42 Å². The van der Waals surface area contributed by atoms with Gasteiger partial charge >= 0.3 is 0 Å². The summed E-state index contributed by atoms with van der Waals surface area (Å²) in [5.74, 6) is 1.01. The molecule has 1 N–H and O–H groups in total. The minimum absolute atomic E-state index is 0.413. The summed E-state index contributed by atoms with van der Waals surface area (Å²) < 4.78 is 5.89. The second-order valence-electron chi connectivity index (χ2n) is 4.46. The van der Waals surface area contributed by atoms with Gasteiger partial charge in [0.15, 0.2) is 0 Å². The molecule has 0 aromatic heterocycles. The summed E-state index contributed by atoms with van der Waals surface area (Å²) in [5.41, 5.74) is 1.37. The van der Waals surface area contributed by atoms with Gasteiger partial charge in [-0.1, -0.05) is 26.0 Å². The van der Waals surface area contributed by atoms with E-state index in [4.69, 9.17) is 4.74 Å². The number of hydrogen-bond acceptors (Lipinski definition) is 2. The zero-order valence-electron chi connectivity index (χ0n) is 10.2. The van der Waals surface area contributed by atoms with E-state index in [0.29, 0.717) is 12.1 Å². The highest BCUT2D eigenvalue weighted by atomic mass is 16.5. The molecule has 1 aromatic carbocycles. The van der Waals surface area contributed by atoms with E-state index in [1.165, 1.54) is 5.56 Å². The largest absolute Gasteiger partial charge is 0.490 e. The van der Waals surface area contributed by atoms with E-state index in [9.17, 15) is 0 Å². The van der Waals surface area contributed by atoms with Gasteiger partial charge in [0.25, 0.3) is 0 Å². The van der Waals surface area contributed by atoms with Gasteiger partial charge in [-0.3, -0.25) is 0 Å². The molecular weight excluding hydrogens is 198 g/mol. The second-order valence-corrected chi connectivity index (χ2v) is 4.46. The lowest BCUT2D eigenvalue weighted by Gasteiger charge is -2.35. The average Bonchev–Trinajstić information content (AvgIpc) is 2.27. The lowest BCUT2D eigenvalue weighted by molar-refractivity contribution is 0.0859. The summed E-state index contributed by atoms with van der Waals surface area (Å²) in [6, 6.07) is 9.13. The van der Waals surface area contributed by atoms with Crippen LogP contribution in [-0.4, -0.2) is 18.7 Å². The Bertz CT molecular complexity index is 314. The summed E-state index contributed by atoms with van der Waals surface area (Å²) in [7, 11) is 0. The zero-order chi connectivity index (χ0) is 11.4. The van der Waals surface area contributed by atoms with Gasteiger partial charge in [-0.15, -0.1) is 0 Å². The van der Waals surface area contributed by atoms with Crippen LogP contribution in [0.2, 0.25) is 0 Å². The highest BCUT2D eigenvalue weighted by Gasteiger charge is 2.29. The van der Waals surface area contributed by atoms with Crippen LogP contribution in [0.15, 0.2) is 24.3 Å². The fourth-order valence-corrected chi connectivity index (χ4v) is 2.11. The number of nitrogens with one attached hydrogen (secondary N) is 1. The Balaban J connectivity index is 1.78. The molecule has 0 heterocycles. The molecule has 88 valence electrons. The summed E-state index contributed by atoms with van der Waals surface area (Å²) in [6.07, 6.45) is 3.79. The third-order valence-electron chi connectivity index (χ3n) is 3.22. The highest BCUT2D eigenvalue weighted by Crippen LogP contribution is 2.26. The Hall–Kier alpha value is -1.02. The van der Waals surface area contributed by atoms with Gasteiger partial charge in [-0.2, -0.15) is 0 Å². The van der Waals surface area contributed by atoms with Crippen molar-refractivity contribution in [2.24, 2.45) is 0 Å². The summed E-state index contributed by atoms with van der Waals surface area (Å²) in [6.45, 7) is 5.38. The quantitative estimate of drug-likeness (QED) is 0.822. The van der Waals surface area contributed by atoms with Crippen molar-refractivity contribution in [2.45, 2.75) is 45.3 Å². The standard InChI is InChI=1S/C14H21NO/c1-3-11-5-7-13(8-6-11)16-14-9-12(10-14)15-4-2/h5-8,12,14-15H,3-4,9-10H2,1-2H3. The predicted octanol–water partition coefficient (Wildman–Crippen LogP) is 2.77. The van der Waals surface area contributed by atoms with E-state index in [1.54, 1.807) is 0 Å². The SMILES string of the molecule is CCNC1CC(Oc2ccc(CC)cc2)C1. The van der Waals surface area contributed by atoms with Crippen LogP contribution < -0.4 is 10.1 Å². The summed E-state index contributed by atoms with van der Waals surface area (Å²) in [5, 5.41) is 3.44. The molecule has 2 rings (SSSR count). The Labute approximate surface area is 98.0 Å². The molecule has 16 heavy (non-hydrogen) atoms. The molecule has 1 aromatic rings. The molecule has 1 fully saturated rings. The van der Waals surface area contributed by atoms with Crippen molar-refractivity contribution in [1.82, 2.24) is 5.32 Å². The maximum atomic E-state index is 5.89. The molecule has 2 nitrogen and oxygen atoms in total. The van der Waals surface area contributed by atoms with Gasteiger partial charge in [-0.25, -0.2) is 0 Å². The first-order valence-electron chi connectivity index (χ1n) is 6.30. The average molecular weight is 219 g/mol. The normalized spacial score (nSPS) is 23.9. The Morgan fingerprint density at radius 3 is 2.44 bits per heavy atom. The third kappa shape index (κ3) is 2.76. The van der Waals surface area contributed by atoms with Gasteiger partial charge < -0.3 is 10.1 Å². The lowest BCUT2D eigenvalue weighted by atomic mass is 9.89. The van der Waals surface area contributed by atoms with Crippen LogP contribution in [0, 0.1) is 0 Å². The molecule has 0 amide bonds. The van der Waals surface area contributed by atoms with Crippen LogP contribution in [0.1, 0.15) is 32.3 Å². The first-order chi connectivity index (χ1) is 7.81. The van der Waals surface area contributed by atoms with Gasteiger partial charge in [0, 0.05) is 6.04 Å². The maximum absolute atomic E-state index is 5.89. The van der Waals surface area contributed by atoms with E-state index in [-0.39, 0.29) is 0 Å². The molecule has 1 saturated carbocycles. The molecule has 1 aliphatic rings. The van der Waals surface area contributed by atoms with Crippen LogP contribution >= 0.6 is 0 Å². The molecule has 1 aliphatic carbocycles. The predicted molar refractivity (Wildman–Crippen MR) is 66.9 cm³/mol. The monoisotopic (exact) mass is 219 g/mol. The summed E-state index contributed by atoms with van der Waals surface area (Å²) in [4.78, 5) is 0. The maximum Gasteiger partial charge on any atom is 0.119 e. The van der Waals surface area contributed by atoms with E-state index in [2.05, 4.69) is 43.4 Å². The number of aryl methyl sites for hydroxylation is 1. The van der Waals surface area contributed by atoms with Crippen molar-refractivity contribution < 1.29 is 4.74 Å². The molecule has 0 aliphatic heterocycles. The van der Waals surface area contributed by atoms with Crippen molar-refractivity contribution in [3.05, 3.63) is 29.8 Å². The number of ether oxygens (including phenoxy) is 1. The smallest absolute Gasteiger partial charge is 0.119 e. The fourth-order valence-electron chi connectivity index (χ4n) is 2.11. The van der Waals surface area contributed by atoms with Gasteiger partial charge in [0.1, 0.15) is 11.9 Å². The second kappa shape index (κ2) is 5.35. The molecule has 0 atom stereocenters. The van der Waals surface area contributed by atoms with Crippen molar-refractivity contribution in [2.75, 3.05) is 6.54 Å². The van der Waals surface area contributed by atoms with Crippen molar-refractivity contribution in [3.8, 4) is 5.75 Å². The molecule has 0 bridgehead atoms. The first-order valence-corrected chi connectivity index (χ1v) is 6.30. The van der Waals surface area contributed by atoms with E-state index in [1.807, 2.05) is 0 Å². The van der Waals surface area contributed by atoms with Crippen molar-refractivity contribution >= 4 is 0 Å². The molecular formula is C14H21NO. The Kier molecular flexibility index (Phi) is 3.83. The van der Waals surface area contributed by atoms with Crippen molar-refractivity contribution in [1.29, 1.82) is 0 Å². The van der Waals surface area contributed by atoms with E-state index >= 15 is 0 Å². The van der Waals surface area contributed by atoms with Crippen LogP contribution in [0.25, 0.3) is 0 Å².